The number of rotatable bonds is 7. The normalized spacial score (nSPS) is 15.0. The number of ether oxygens (including phenoxy) is 1. The number of amides is 2. The van der Waals surface area contributed by atoms with Gasteiger partial charge in [0, 0.05) is 13.0 Å². The molecular formula is C25H25N3O3. The van der Waals surface area contributed by atoms with Crippen LogP contribution in [0, 0.1) is 0 Å². The molecule has 3 aromatic carbocycles. The number of anilines is 1. The Balaban J connectivity index is 1.47. The molecule has 6 heteroatoms. The van der Waals surface area contributed by atoms with Crippen LogP contribution in [-0.4, -0.2) is 36.4 Å². The molecule has 1 aliphatic heterocycles. The first-order valence-corrected chi connectivity index (χ1v) is 10.2. The van der Waals surface area contributed by atoms with Gasteiger partial charge in [-0.05, 0) is 23.3 Å². The second kappa shape index (κ2) is 9.80. The molecule has 4 rings (SSSR count). The molecule has 0 bridgehead atoms. The summed E-state index contributed by atoms with van der Waals surface area (Å²) < 4.78 is 5.36. The second-order valence-electron chi connectivity index (χ2n) is 7.33. The van der Waals surface area contributed by atoms with E-state index in [1.807, 2.05) is 84.9 Å². The van der Waals surface area contributed by atoms with E-state index in [1.165, 1.54) is 0 Å². The highest BCUT2D eigenvalue weighted by Crippen LogP contribution is 2.24. The van der Waals surface area contributed by atoms with Gasteiger partial charge in [-0.3, -0.25) is 0 Å². The van der Waals surface area contributed by atoms with Gasteiger partial charge in [-0.1, -0.05) is 78.0 Å². The molecule has 1 heterocycles. The zero-order chi connectivity index (χ0) is 21.5. The van der Waals surface area contributed by atoms with E-state index in [0.717, 1.165) is 16.8 Å². The number of nitrogens with zero attached hydrogens (tertiary/aromatic N) is 2. The van der Waals surface area contributed by atoms with Crippen molar-refractivity contribution < 1.29 is 14.4 Å². The summed E-state index contributed by atoms with van der Waals surface area (Å²) in [7, 11) is 1.58. The van der Waals surface area contributed by atoms with Crippen molar-refractivity contribution in [3.05, 3.63) is 96.1 Å². The fraction of sp³-hybridized carbons (Fsp3) is 0.200. The van der Waals surface area contributed by atoms with Gasteiger partial charge in [0.15, 0.2) is 6.10 Å². The molecule has 158 valence electrons. The number of hydrogen-bond acceptors (Lipinski definition) is 4. The van der Waals surface area contributed by atoms with Crippen molar-refractivity contribution in [1.82, 2.24) is 4.90 Å². The molecule has 0 saturated carbocycles. The van der Waals surface area contributed by atoms with Crippen molar-refractivity contribution in [2.45, 2.75) is 19.1 Å². The third-order valence-corrected chi connectivity index (χ3v) is 5.12. The number of urea groups is 1. The van der Waals surface area contributed by atoms with E-state index in [9.17, 15) is 4.79 Å². The van der Waals surface area contributed by atoms with E-state index in [2.05, 4.69) is 10.5 Å². The molecular weight excluding hydrogens is 390 g/mol. The Labute approximate surface area is 182 Å². The Morgan fingerprint density at radius 1 is 1.03 bits per heavy atom. The fourth-order valence-corrected chi connectivity index (χ4v) is 3.54. The van der Waals surface area contributed by atoms with Crippen LogP contribution < -0.4 is 10.1 Å². The van der Waals surface area contributed by atoms with Gasteiger partial charge in [0.05, 0.1) is 25.1 Å². The number of carbonyl (C=O) groups excluding carboxylic acids is 1. The number of benzene rings is 3. The van der Waals surface area contributed by atoms with Crippen LogP contribution in [0.2, 0.25) is 0 Å². The topological polar surface area (TPSA) is 63.2 Å². The number of methoxy groups -OCH3 is 1. The summed E-state index contributed by atoms with van der Waals surface area (Å²) in [6, 6.07) is 27.0. The average Bonchev–Trinajstić information content (AvgIpc) is 3.29. The largest absolute Gasteiger partial charge is 0.495 e. The van der Waals surface area contributed by atoms with Crippen LogP contribution in [0.3, 0.4) is 0 Å². The third kappa shape index (κ3) is 5.22. The summed E-state index contributed by atoms with van der Waals surface area (Å²) in [6.07, 6.45) is 0.444. The van der Waals surface area contributed by atoms with E-state index in [-0.39, 0.29) is 12.1 Å². The predicted octanol–water partition coefficient (Wildman–Crippen LogP) is 4.92. The lowest BCUT2D eigenvalue weighted by atomic mass is 10.0. The Kier molecular flexibility index (Phi) is 6.47. The molecule has 1 atom stereocenters. The van der Waals surface area contributed by atoms with Crippen molar-refractivity contribution >= 4 is 17.4 Å². The first kappa shape index (κ1) is 20.5. The first-order chi connectivity index (χ1) is 15.2. The fourth-order valence-electron chi connectivity index (χ4n) is 3.54. The van der Waals surface area contributed by atoms with Crippen LogP contribution in [-0.2, 0) is 11.4 Å². The molecule has 3 aromatic rings. The lowest BCUT2D eigenvalue weighted by Crippen LogP contribution is -2.40. The number of carbonyl (C=O) groups is 1. The van der Waals surface area contributed by atoms with Gasteiger partial charge >= 0.3 is 6.03 Å². The van der Waals surface area contributed by atoms with E-state index in [0.29, 0.717) is 30.9 Å². The molecule has 0 fully saturated rings. The Bertz CT molecular complexity index is 1040. The van der Waals surface area contributed by atoms with Gasteiger partial charge in [-0.25, -0.2) is 4.79 Å². The molecule has 0 aromatic heterocycles. The van der Waals surface area contributed by atoms with Gasteiger partial charge in [-0.2, -0.15) is 0 Å². The summed E-state index contributed by atoms with van der Waals surface area (Å²) in [6.45, 7) is 0.873. The summed E-state index contributed by atoms with van der Waals surface area (Å²) in [5, 5.41) is 7.22. The second-order valence-corrected chi connectivity index (χ2v) is 7.33. The maximum absolute atomic E-state index is 13.2. The third-order valence-electron chi connectivity index (χ3n) is 5.12. The van der Waals surface area contributed by atoms with E-state index >= 15 is 0 Å². The highest BCUT2D eigenvalue weighted by Gasteiger charge is 2.27. The van der Waals surface area contributed by atoms with Gasteiger partial charge in [0.1, 0.15) is 5.75 Å². The highest BCUT2D eigenvalue weighted by atomic mass is 16.6. The summed E-state index contributed by atoms with van der Waals surface area (Å²) in [5.41, 5.74) is 3.61. The van der Waals surface area contributed by atoms with Crippen LogP contribution >= 0.6 is 0 Å². The molecule has 0 unspecified atom stereocenters. The smallest absolute Gasteiger partial charge is 0.322 e. The van der Waals surface area contributed by atoms with E-state index in [4.69, 9.17) is 9.57 Å². The van der Waals surface area contributed by atoms with Crippen LogP contribution in [0.5, 0.6) is 5.75 Å². The molecule has 0 radical (unpaired) electrons. The average molecular weight is 415 g/mol. The van der Waals surface area contributed by atoms with Crippen molar-refractivity contribution in [3.63, 3.8) is 0 Å². The molecule has 1 N–H and O–H groups in total. The molecule has 0 saturated heterocycles. The van der Waals surface area contributed by atoms with Gasteiger partial charge in [0.25, 0.3) is 0 Å². The summed E-state index contributed by atoms with van der Waals surface area (Å²) >= 11 is 0. The lowest BCUT2D eigenvalue weighted by molar-refractivity contribution is 0.0608. The summed E-state index contributed by atoms with van der Waals surface area (Å²) in [4.78, 5) is 20.6. The van der Waals surface area contributed by atoms with Gasteiger partial charge < -0.3 is 19.8 Å². The monoisotopic (exact) mass is 415 g/mol. The quantitative estimate of drug-likeness (QED) is 0.596. The minimum Gasteiger partial charge on any atom is -0.495 e. The lowest BCUT2D eigenvalue weighted by Gasteiger charge is -2.25. The van der Waals surface area contributed by atoms with Crippen LogP contribution in [0.15, 0.2) is 90.1 Å². The number of hydrogen-bond donors (Lipinski definition) is 1. The number of oxime groups is 1. The van der Waals surface area contributed by atoms with Crippen molar-refractivity contribution in [3.8, 4) is 5.75 Å². The first-order valence-electron chi connectivity index (χ1n) is 10.2. The summed E-state index contributed by atoms with van der Waals surface area (Å²) in [5.74, 6) is 0.613. The molecule has 0 spiro atoms. The van der Waals surface area contributed by atoms with Crippen molar-refractivity contribution in [1.29, 1.82) is 0 Å². The van der Waals surface area contributed by atoms with Crippen molar-refractivity contribution in [2.24, 2.45) is 5.16 Å². The molecule has 0 aliphatic carbocycles. The van der Waals surface area contributed by atoms with Crippen LogP contribution in [0.25, 0.3) is 0 Å². The predicted molar refractivity (Wildman–Crippen MR) is 121 cm³/mol. The van der Waals surface area contributed by atoms with Gasteiger partial charge in [0.2, 0.25) is 0 Å². The van der Waals surface area contributed by atoms with E-state index < -0.39 is 0 Å². The molecule has 1 aliphatic rings. The number of para-hydroxylation sites is 2. The molecule has 6 nitrogen and oxygen atoms in total. The van der Waals surface area contributed by atoms with Crippen molar-refractivity contribution in [2.75, 3.05) is 19.0 Å². The minimum absolute atomic E-state index is 0.206. The maximum Gasteiger partial charge on any atom is 0.322 e. The Morgan fingerprint density at radius 2 is 1.71 bits per heavy atom. The standard InChI is InChI=1S/C25H25N3O3/c1-30-24-15-9-8-14-22(24)26-25(29)28(17-19-10-4-2-5-11-19)18-21-16-23(27-31-21)20-12-6-3-7-13-20/h2-15,21H,16-18H2,1H3,(H,26,29)/t21-/m1/s1. The number of nitrogens with one attached hydrogen (secondary N) is 1. The SMILES string of the molecule is COc1ccccc1NC(=O)N(Cc1ccccc1)C[C@H]1CC(c2ccccc2)=NO1. The van der Waals surface area contributed by atoms with Crippen LogP contribution in [0.4, 0.5) is 10.5 Å². The maximum atomic E-state index is 13.2. The van der Waals surface area contributed by atoms with E-state index in [1.54, 1.807) is 12.0 Å². The zero-order valence-electron chi connectivity index (χ0n) is 17.4. The van der Waals surface area contributed by atoms with Gasteiger partial charge in [-0.15, -0.1) is 0 Å². The highest BCUT2D eigenvalue weighted by molar-refractivity contribution is 6.01. The van der Waals surface area contributed by atoms with Crippen LogP contribution in [0.1, 0.15) is 17.5 Å². The minimum atomic E-state index is -0.217. The Hall–Kier alpha value is -3.80. The molecule has 2 amide bonds. The Morgan fingerprint density at radius 3 is 2.45 bits per heavy atom. The molecule has 31 heavy (non-hydrogen) atoms. The zero-order valence-corrected chi connectivity index (χ0v) is 17.4.